The van der Waals surface area contributed by atoms with Gasteiger partial charge < -0.3 is 15.2 Å². The number of aliphatic hydroxyl groups is 1. The van der Waals surface area contributed by atoms with E-state index in [0.717, 1.165) is 16.7 Å². The van der Waals surface area contributed by atoms with Gasteiger partial charge in [-0.2, -0.15) is 0 Å². The lowest BCUT2D eigenvalue weighted by Crippen LogP contribution is -2.41. The Labute approximate surface area is 207 Å². The largest absolute Gasteiger partial charge is 0.471 e. The van der Waals surface area contributed by atoms with Gasteiger partial charge in [-0.3, -0.25) is 4.79 Å². The minimum absolute atomic E-state index is 0.0308. The number of nitrogens with zero attached hydrogens (tertiary/aromatic N) is 1. The van der Waals surface area contributed by atoms with Crippen LogP contribution >= 0.6 is 34.8 Å². The summed E-state index contributed by atoms with van der Waals surface area (Å²) in [5, 5.41) is 13.8. The zero-order chi connectivity index (χ0) is 23.8. The van der Waals surface area contributed by atoms with E-state index in [4.69, 9.17) is 49.6 Å². The molecule has 3 aromatic rings. The van der Waals surface area contributed by atoms with Crippen LogP contribution in [-0.2, 0) is 4.79 Å². The summed E-state index contributed by atoms with van der Waals surface area (Å²) in [6, 6.07) is 14.4. The molecule has 0 saturated heterocycles. The van der Waals surface area contributed by atoms with Gasteiger partial charge >= 0.3 is 0 Å². The van der Waals surface area contributed by atoms with E-state index in [2.05, 4.69) is 5.32 Å². The SMILES string of the molecule is CC1(C)CC(NC(=O)CCO)c2cc(-c3ccc(Cl)cc3)c(-c3ccc(Cl)cc3Cl)nc2O1. The van der Waals surface area contributed by atoms with Gasteiger partial charge in [0.05, 0.1) is 23.4 Å². The summed E-state index contributed by atoms with van der Waals surface area (Å²) in [5.74, 6) is 0.197. The van der Waals surface area contributed by atoms with Crippen LogP contribution in [0.2, 0.25) is 15.1 Å². The molecule has 0 spiro atoms. The Kier molecular flexibility index (Phi) is 6.87. The molecule has 4 rings (SSSR count). The van der Waals surface area contributed by atoms with Crippen molar-refractivity contribution in [1.82, 2.24) is 10.3 Å². The van der Waals surface area contributed by atoms with Crippen molar-refractivity contribution in [3.8, 4) is 28.3 Å². The molecule has 0 aliphatic carbocycles. The van der Waals surface area contributed by atoms with Crippen molar-refractivity contribution in [3.63, 3.8) is 0 Å². The molecule has 0 saturated carbocycles. The van der Waals surface area contributed by atoms with E-state index in [0.29, 0.717) is 38.6 Å². The number of rotatable bonds is 5. The Hall–Kier alpha value is -2.31. The number of hydrogen-bond acceptors (Lipinski definition) is 4. The molecule has 8 heteroatoms. The number of pyridine rings is 1. The number of benzene rings is 2. The number of carbonyl (C=O) groups excluding carboxylic acids is 1. The Balaban J connectivity index is 1.92. The summed E-state index contributed by atoms with van der Waals surface area (Å²) < 4.78 is 6.22. The average molecular weight is 506 g/mol. The molecule has 1 aliphatic heterocycles. The van der Waals surface area contributed by atoms with E-state index in [-0.39, 0.29) is 25.0 Å². The maximum absolute atomic E-state index is 12.3. The molecule has 1 unspecified atom stereocenters. The average Bonchev–Trinajstić information content (AvgIpc) is 2.73. The molecular weight excluding hydrogens is 483 g/mol. The number of carbonyl (C=O) groups is 1. The minimum Gasteiger partial charge on any atom is -0.471 e. The summed E-state index contributed by atoms with van der Waals surface area (Å²) in [7, 11) is 0. The van der Waals surface area contributed by atoms with Gasteiger partial charge in [-0.1, -0.05) is 46.9 Å². The Morgan fingerprint density at radius 2 is 1.79 bits per heavy atom. The predicted octanol–water partition coefficient (Wildman–Crippen LogP) is 6.48. The van der Waals surface area contributed by atoms with Crippen LogP contribution in [0.5, 0.6) is 5.88 Å². The molecule has 172 valence electrons. The maximum Gasteiger partial charge on any atom is 0.222 e. The Bertz CT molecular complexity index is 1200. The van der Waals surface area contributed by atoms with Crippen molar-refractivity contribution < 1.29 is 14.6 Å². The molecule has 0 radical (unpaired) electrons. The topological polar surface area (TPSA) is 71.5 Å². The van der Waals surface area contributed by atoms with Crippen LogP contribution in [0, 0.1) is 0 Å². The highest BCUT2D eigenvalue weighted by Gasteiger charge is 2.36. The number of nitrogens with one attached hydrogen (secondary N) is 1. The normalized spacial score (nSPS) is 16.6. The summed E-state index contributed by atoms with van der Waals surface area (Å²) >= 11 is 18.8. The lowest BCUT2D eigenvalue weighted by molar-refractivity contribution is -0.123. The molecule has 1 aliphatic rings. The quantitative estimate of drug-likeness (QED) is 0.416. The zero-order valence-corrected chi connectivity index (χ0v) is 20.4. The standard InChI is InChI=1S/C25H23Cl3N2O3/c1-25(2)13-21(29-22(32)9-10-31)19-12-18(14-3-5-15(26)6-4-14)23(30-24(19)33-25)17-8-7-16(27)11-20(17)28/h3-8,11-12,21,31H,9-10,13H2,1-2H3,(H,29,32). The monoisotopic (exact) mass is 504 g/mol. The summed E-state index contributed by atoms with van der Waals surface area (Å²) in [6.45, 7) is 3.68. The number of aliphatic hydroxyl groups excluding tert-OH is 1. The van der Waals surface area contributed by atoms with Crippen LogP contribution in [0.4, 0.5) is 0 Å². The second kappa shape index (κ2) is 9.51. The molecule has 2 aromatic carbocycles. The third kappa shape index (κ3) is 5.28. The number of fused-ring (bicyclic) bond motifs is 1. The summed E-state index contributed by atoms with van der Waals surface area (Å²) in [4.78, 5) is 17.2. The number of halogens is 3. The fraction of sp³-hybridized carbons (Fsp3) is 0.280. The summed E-state index contributed by atoms with van der Waals surface area (Å²) in [5.41, 5.74) is 3.26. The van der Waals surface area contributed by atoms with Crippen LogP contribution in [0.3, 0.4) is 0 Å². The summed E-state index contributed by atoms with van der Waals surface area (Å²) in [6.07, 6.45) is 0.586. The molecule has 2 N–H and O–H groups in total. The van der Waals surface area contributed by atoms with Gasteiger partial charge in [0, 0.05) is 39.6 Å². The van der Waals surface area contributed by atoms with Gasteiger partial charge in [0.25, 0.3) is 0 Å². The number of aromatic nitrogens is 1. The first kappa shape index (κ1) is 23.8. The predicted molar refractivity (Wildman–Crippen MR) is 132 cm³/mol. The number of ether oxygens (including phenoxy) is 1. The van der Waals surface area contributed by atoms with E-state index in [1.165, 1.54) is 0 Å². The first-order valence-electron chi connectivity index (χ1n) is 10.5. The molecule has 0 fully saturated rings. The third-order valence-electron chi connectivity index (χ3n) is 5.47. The van der Waals surface area contributed by atoms with Crippen molar-refractivity contribution in [2.24, 2.45) is 0 Å². The van der Waals surface area contributed by atoms with Crippen LogP contribution in [-0.4, -0.2) is 28.2 Å². The smallest absolute Gasteiger partial charge is 0.222 e. The zero-order valence-electron chi connectivity index (χ0n) is 18.2. The molecule has 1 aromatic heterocycles. The van der Waals surface area contributed by atoms with Gasteiger partial charge in [-0.05, 0) is 55.8 Å². The van der Waals surface area contributed by atoms with Gasteiger partial charge in [-0.15, -0.1) is 0 Å². The molecule has 33 heavy (non-hydrogen) atoms. The fourth-order valence-electron chi connectivity index (χ4n) is 3.98. The van der Waals surface area contributed by atoms with Crippen molar-refractivity contribution in [2.75, 3.05) is 6.61 Å². The highest BCUT2D eigenvalue weighted by Crippen LogP contribution is 2.44. The van der Waals surface area contributed by atoms with E-state index in [9.17, 15) is 4.79 Å². The van der Waals surface area contributed by atoms with E-state index < -0.39 is 5.60 Å². The molecule has 1 atom stereocenters. The van der Waals surface area contributed by atoms with Gasteiger partial charge in [-0.25, -0.2) is 4.98 Å². The fourth-order valence-corrected chi connectivity index (χ4v) is 4.61. The van der Waals surface area contributed by atoms with Crippen LogP contribution in [0.25, 0.3) is 22.4 Å². The highest BCUT2D eigenvalue weighted by atomic mass is 35.5. The minimum atomic E-state index is -0.556. The first-order valence-corrected chi connectivity index (χ1v) is 11.7. The van der Waals surface area contributed by atoms with Gasteiger partial charge in [0.15, 0.2) is 0 Å². The van der Waals surface area contributed by atoms with Crippen molar-refractivity contribution in [3.05, 3.63) is 69.2 Å². The van der Waals surface area contributed by atoms with Crippen LogP contribution < -0.4 is 10.1 Å². The molecule has 5 nitrogen and oxygen atoms in total. The lowest BCUT2D eigenvalue weighted by atomic mass is 9.88. The number of amides is 1. The van der Waals surface area contributed by atoms with Gasteiger partial charge in [0.2, 0.25) is 11.8 Å². The van der Waals surface area contributed by atoms with Crippen molar-refractivity contribution >= 4 is 40.7 Å². The van der Waals surface area contributed by atoms with Crippen molar-refractivity contribution in [1.29, 1.82) is 0 Å². The first-order chi connectivity index (χ1) is 15.7. The van der Waals surface area contributed by atoms with Crippen LogP contribution in [0.15, 0.2) is 48.5 Å². The Morgan fingerprint density at radius 3 is 2.45 bits per heavy atom. The second-order valence-corrected chi connectivity index (χ2v) is 9.85. The van der Waals surface area contributed by atoms with E-state index >= 15 is 0 Å². The molecule has 2 heterocycles. The third-order valence-corrected chi connectivity index (χ3v) is 6.27. The number of hydrogen-bond donors (Lipinski definition) is 2. The van der Waals surface area contributed by atoms with E-state index in [1.54, 1.807) is 12.1 Å². The second-order valence-electron chi connectivity index (χ2n) is 8.57. The maximum atomic E-state index is 12.3. The Morgan fingerprint density at radius 1 is 1.09 bits per heavy atom. The van der Waals surface area contributed by atoms with E-state index in [1.807, 2.05) is 50.2 Å². The lowest BCUT2D eigenvalue weighted by Gasteiger charge is -2.37. The molecule has 1 amide bonds. The molecule has 0 bridgehead atoms. The van der Waals surface area contributed by atoms with Gasteiger partial charge in [0.1, 0.15) is 5.60 Å². The van der Waals surface area contributed by atoms with Crippen LogP contribution in [0.1, 0.15) is 38.3 Å². The van der Waals surface area contributed by atoms with Crippen molar-refractivity contribution in [2.45, 2.75) is 38.3 Å². The highest BCUT2D eigenvalue weighted by molar-refractivity contribution is 6.36. The molecular formula is C25H23Cl3N2O3.